The van der Waals surface area contributed by atoms with Gasteiger partial charge in [0.1, 0.15) is 12.1 Å². The number of para-hydroxylation sites is 1. The fourth-order valence-corrected chi connectivity index (χ4v) is 4.49. The highest BCUT2D eigenvalue weighted by Gasteiger charge is 2.31. The van der Waals surface area contributed by atoms with Gasteiger partial charge < -0.3 is 9.80 Å². The lowest BCUT2D eigenvalue weighted by Crippen LogP contribution is -2.47. The van der Waals surface area contributed by atoms with Gasteiger partial charge in [0, 0.05) is 19.1 Å². The highest BCUT2D eigenvalue weighted by Crippen LogP contribution is 2.29. The molecule has 0 N–H and O–H groups in total. The molecular weight excluding hydrogens is 314 g/mol. The normalized spacial score (nSPS) is 23.2. The van der Waals surface area contributed by atoms with E-state index in [1.54, 1.807) is 4.68 Å². The number of rotatable bonds is 3. The molecule has 0 saturated carbocycles. The van der Waals surface area contributed by atoms with Crippen molar-refractivity contribution < 1.29 is 4.79 Å². The number of nitrogens with zero attached hydrogens (tertiary/aromatic N) is 5. The van der Waals surface area contributed by atoms with Crippen molar-refractivity contribution in [2.45, 2.75) is 44.7 Å². The summed E-state index contributed by atoms with van der Waals surface area (Å²) < 4.78 is 1.72. The minimum atomic E-state index is 0.158. The topological polar surface area (TPSA) is 54.3 Å². The van der Waals surface area contributed by atoms with Crippen LogP contribution in [-0.2, 0) is 11.3 Å². The molecule has 2 fully saturated rings. The Morgan fingerprint density at radius 1 is 1.12 bits per heavy atom. The molecule has 1 amide bonds. The van der Waals surface area contributed by atoms with Crippen LogP contribution in [0.2, 0.25) is 0 Å². The lowest BCUT2D eigenvalue weighted by atomic mass is 9.84. The van der Waals surface area contributed by atoms with Crippen LogP contribution >= 0.6 is 0 Å². The minimum absolute atomic E-state index is 0.158. The van der Waals surface area contributed by atoms with Crippen LogP contribution in [0.4, 0.5) is 0 Å². The number of amides is 1. The first-order chi connectivity index (χ1) is 12.2. The van der Waals surface area contributed by atoms with Crippen LogP contribution in [0, 0.1) is 5.92 Å². The van der Waals surface area contributed by atoms with Gasteiger partial charge in [0.15, 0.2) is 0 Å². The Labute approximate surface area is 148 Å². The molecule has 0 radical (unpaired) electrons. The smallest absolute Gasteiger partial charge is 0.244 e. The molecule has 3 heterocycles. The standard InChI is InChI=1S/C19H27N5O/c1-22-11-5-4-7-17(22)15-9-12-23(13-10-15)19(25)14-24-18-8-3-2-6-16(18)20-21-24/h2-3,6,8,15,17H,4-5,7,9-14H2,1H3/t17-/m1/s1. The molecule has 2 aliphatic heterocycles. The number of piperidine rings is 2. The molecule has 1 aromatic heterocycles. The maximum atomic E-state index is 12.7. The average Bonchev–Trinajstić information content (AvgIpc) is 3.05. The molecule has 1 aromatic carbocycles. The van der Waals surface area contributed by atoms with Crippen molar-refractivity contribution in [1.29, 1.82) is 0 Å². The van der Waals surface area contributed by atoms with Crippen molar-refractivity contribution in [3.05, 3.63) is 24.3 Å². The summed E-state index contributed by atoms with van der Waals surface area (Å²) in [6.07, 6.45) is 6.25. The Bertz CT molecular complexity index is 734. The number of carbonyl (C=O) groups excluding carboxylic acids is 1. The zero-order valence-electron chi connectivity index (χ0n) is 15.0. The summed E-state index contributed by atoms with van der Waals surface area (Å²) in [6.45, 7) is 3.26. The van der Waals surface area contributed by atoms with Gasteiger partial charge in [-0.25, -0.2) is 4.68 Å². The zero-order chi connectivity index (χ0) is 17.2. The van der Waals surface area contributed by atoms with E-state index >= 15 is 0 Å². The Morgan fingerprint density at radius 3 is 2.72 bits per heavy atom. The largest absolute Gasteiger partial charge is 0.341 e. The van der Waals surface area contributed by atoms with Gasteiger partial charge in [-0.15, -0.1) is 5.10 Å². The Balaban J connectivity index is 1.35. The fourth-order valence-electron chi connectivity index (χ4n) is 4.49. The summed E-state index contributed by atoms with van der Waals surface area (Å²) in [5, 5.41) is 8.28. The molecule has 134 valence electrons. The van der Waals surface area contributed by atoms with Crippen LogP contribution in [0.25, 0.3) is 11.0 Å². The van der Waals surface area contributed by atoms with E-state index in [1.165, 1.54) is 25.8 Å². The first-order valence-electron chi connectivity index (χ1n) is 9.48. The second kappa shape index (κ2) is 7.12. The van der Waals surface area contributed by atoms with Crippen LogP contribution in [0.1, 0.15) is 32.1 Å². The third-order valence-electron chi connectivity index (χ3n) is 5.97. The van der Waals surface area contributed by atoms with Crippen LogP contribution in [0.15, 0.2) is 24.3 Å². The van der Waals surface area contributed by atoms with Crippen LogP contribution in [-0.4, -0.2) is 63.4 Å². The third-order valence-corrected chi connectivity index (χ3v) is 5.97. The molecule has 2 aliphatic rings. The first-order valence-corrected chi connectivity index (χ1v) is 9.48. The van der Waals surface area contributed by atoms with E-state index in [1.807, 2.05) is 29.2 Å². The molecule has 6 nitrogen and oxygen atoms in total. The van der Waals surface area contributed by atoms with Gasteiger partial charge in [-0.2, -0.15) is 0 Å². The monoisotopic (exact) mass is 341 g/mol. The molecule has 2 saturated heterocycles. The Hall–Kier alpha value is -1.95. The molecule has 25 heavy (non-hydrogen) atoms. The highest BCUT2D eigenvalue weighted by molar-refractivity contribution is 5.79. The number of carbonyl (C=O) groups is 1. The SMILES string of the molecule is CN1CCCC[C@@H]1C1CCN(C(=O)Cn2nnc3ccccc32)CC1. The fraction of sp³-hybridized carbons (Fsp3) is 0.632. The molecule has 0 spiro atoms. The van der Waals surface area contributed by atoms with Crippen molar-refractivity contribution in [3.8, 4) is 0 Å². The van der Waals surface area contributed by atoms with Gasteiger partial charge in [0.25, 0.3) is 0 Å². The molecular formula is C19H27N5O. The van der Waals surface area contributed by atoms with E-state index in [4.69, 9.17) is 0 Å². The maximum Gasteiger partial charge on any atom is 0.244 e. The van der Waals surface area contributed by atoms with Gasteiger partial charge in [-0.05, 0) is 57.3 Å². The maximum absolute atomic E-state index is 12.7. The number of likely N-dealkylation sites (tertiary alicyclic amines) is 2. The summed E-state index contributed by atoms with van der Waals surface area (Å²) in [7, 11) is 2.26. The van der Waals surface area contributed by atoms with E-state index in [0.717, 1.165) is 42.9 Å². The molecule has 2 aromatic rings. The molecule has 1 atom stereocenters. The predicted molar refractivity (Wildman–Crippen MR) is 97.1 cm³/mol. The van der Waals surface area contributed by atoms with Crippen molar-refractivity contribution >= 4 is 16.9 Å². The summed E-state index contributed by atoms with van der Waals surface area (Å²) >= 11 is 0. The van der Waals surface area contributed by atoms with Crippen molar-refractivity contribution in [2.24, 2.45) is 5.92 Å². The second-order valence-electron chi connectivity index (χ2n) is 7.50. The van der Waals surface area contributed by atoms with E-state index < -0.39 is 0 Å². The van der Waals surface area contributed by atoms with E-state index in [9.17, 15) is 4.79 Å². The highest BCUT2D eigenvalue weighted by atomic mass is 16.2. The van der Waals surface area contributed by atoms with Gasteiger partial charge >= 0.3 is 0 Å². The number of hydrogen-bond donors (Lipinski definition) is 0. The predicted octanol–water partition coefficient (Wildman–Crippen LogP) is 2.15. The van der Waals surface area contributed by atoms with Gasteiger partial charge in [-0.1, -0.05) is 23.8 Å². The molecule has 0 aliphatic carbocycles. The van der Waals surface area contributed by atoms with E-state index in [-0.39, 0.29) is 12.5 Å². The summed E-state index contributed by atoms with van der Waals surface area (Å²) in [5.74, 6) is 0.896. The lowest BCUT2D eigenvalue weighted by Gasteiger charge is -2.42. The quantitative estimate of drug-likeness (QED) is 0.858. The lowest BCUT2D eigenvalue weighted by molar-refractivity contribution is -0.133. The Morgan fingerprint density at radius 2 is 1.92 bits per heavy atom. The number of aromatic nitrogens is 3. The van der Waals surface area contributed by atoms with Crippen LogP contribution in [0.3, 0.4) is 0 Å². The molecule has 0 bridgehead atoms. The minimum Gasteiger partial charge on any atom is -0.341 e. The second-order valence-corrected chi connectivity index (χ2v) is 7.50. The van der Waals surface area contributed by atoms with E-state index in [2.05, 4.69) is 22.3 Å². The van der Waals surface area contributed by atoms with Gasteiger partial charge in [-0.3, -0.25) is 4.79 Å². The number of benzene rings is 1. The molecule has 4 rings (SSSR count). The summed E-state index contributed by atoms with van der Waals surface area (Å²) in [6, 6.07) is 8.50. The molecule has 6 heteroatoms. The zero-order valence-corrected chi connectivity index (χ0v) is 15.0. The van der Waals surface area contributed by atoms with Gasteiger partial charge in [0.05, 0.1) is 5.52 Å². The number of hydrogen-bond acceptors (Lipinski definition) is 4. The first kappa shape index (κ1) is 16.5. The Kier molecular flexibility index (Phi) is 4.70. The van der Waals surface area contributed by atoms with Crippen molar-refractivity contribution in [1.82, 2.24) is 24.8 Å². The summed E-state index contributed by atoms with van der Waals surface area (Å²) in [5.41, 5.74) is 1.77. The van der Waals surface area contributed by atoms with E-state index in [0.29, 0.717) is 6.04 Å². The average molecular weight is 341 g/mol. The number of fused-ring (bicyclic) bond motifs is 1. The van der Waals surface area contributed by atoms with Gasteiger partial charge in [0.2, 0.25) is 5.91 Å². The summed E-state index contributed by atoms with van der Waals surface area (Å²) in [4.78, 5) is 17.2. The molecule has 0 unspecified atom stereocenters. The van der Waals surface area contributed by atoms with Crippen LogP contribution < -0.4 is 0 Å². The van der Waals surface area contributed by atoms with Crippen LogP contribution in [0.5, 0.6) is 0 Å². The van der Waals surface area contributed by atoms with Crippen molar-refractivity contribution in [2.75, 3.05) is 26.7 Å². The third kappa shape index (κ3) is 3.40. The van der Waals surface area contributed by atoms with Crippen molar-refractivity contribution in [3.63, 3.8) is 0 Å².